The third kappa shape index (κ3) is 4.33. The number of nitrogens with one attached hydrogen (secondary N) is 1. The van der Waals surface area contributed by atoms with Crippen molar-refractivity contribution in [2.24, 2.45) is 0 Å². The van der Waals surface area contributed by atoms with Gasteiger partial charge in [-0.1, -0.05) is 48.5 Å². The summed E-state index contributed by atoms with van der Waals surface area (Å²) in [6.07, 6.45) is 0. The molecule has 0 unspecified atom stereocenters. The fourth-order valence-electron chi connectivity index (χ4n) is 1.53. The van der Waals surface area contributed by atoms with Gasteiger partial charge in [0, 0.05) is 10.3 Å². The number of thioether (sulfide) groups is 1. The van der Waals surface area contributed by atoms with Gasteiger partial charge in [-0.25, -0.2) is 0 Å². The van der Waals surface area contributed by atoms with Crippen LogP contribution in [-0.2, 0) is 0 Å². The number of ether oxygens (including phenoxy) is 1. The Labute approximate surface area is 136 Å². The Kier molecular flexibility index (Phi) is 5.44. The van der Waals surface area contributed by atoms with Crippen molar-refractivity contribution in [2.45, 2.75) is 23.4 Å². The molecule has 0 saturated carbocycles. The molecule has 0 spiro atoms. The minimum atomic E-state index is -0.327. The summed E-state index contributed by atoms with van der Waals surface area (Å²) < 4.78 is 5.98. The first-order valence-electron chi connectivity index (χ1n) is 6.14. The molecule has 1 aromatic carbocycles. The van der Waals surface area contributed by atoms with Crippen LogP contribution >= 0.6 is 34.7 Å². The normalized spacial score (nSPS) is 10.7. The molecule has 5 nitrogen and oxygen atoms in total. The summed E-state index contributed by atoms with van der Waals surface area (Å²) in [4.78, 5) is 12.3. The summed E-state index contributed by atoms with van der Waals surface area (Å²) in [6, 6.07) is 4.87. The third-order valence-electron chi connectivity index (χ3n) is 2.37. The maximum Gasteiger partial charge on any atom is 0.261 e. The molecule has 0 bridgehead atoms. The van der Waals surface area contributed by atoms with Gasteiger partial charge in [-0.15, -0.1) is 10.2 Å². The maximum atomic E-state index is 12.3. The van der Waals surface area contributed by atoms with Gasteiger partial charge in [-0.2, -0.15) is 0 Å². The van der Waals surface area contributed by atoms with E-state index in [1.807, 2.05) is 0 Å². The van der Waals surface area contributed by atoms with E-state index in [1.165, 1.54) is 18.4 Å². The molecular formula is C13H14ClN3O2S2. The van der Waals surface area contributed by atoms with Crippen molar-refractivity contribution in [3.63, 3.8) is 0 Å². The summed E-state index contributed by atoms with van der Waals surface area (Å²) >= 11 is 8.85. The molecule has 21 heavy (non-hydrogen) atoms. The second kappa shape index (κ2) is 7.11. The number of anilines is 1. The van der Waals surface area contributed by atoms with Gasteiger partial charge in [-0.05, 0) is 18.2 Å². The fraction of sp³-hybridized carbons (Fsp3) is 0.308. The highest BCUT2D eigenvalue weighted by Gasteiger charge is 2.15. The molecule has 8 heteroatoms. The van der Waals surface area contributed by atoms with E-state index >= 15 is 0 Å². The highest BCUT2D eigenvalue weighted by molar-refractivity contribution is 8.01. The van der Waals surface area contributed by atoms with Crippen LogP contribution in [0.5, 0.6) is 5.75 Å². The number of halogens is 1. The fourth-order valence-corrected chi connectivity index (χ4v) is 3.67. The van der Waals surface area contributed by atoms with Gasteiger partial charge in [0.2, 0.25) is 5.13 Å². The van der Waals surface area contributed by atoms with Gasteiger partial charge in [-0.3, -0.25) is 10.1 Å². The maximum absolute atomic E-state index is 12.3. The van der Waals surface area contributed by atoms with Crippen LogP contribution < -0.4 is 10.1 Å². The van der Waals surface area contributed by atoms with Crippen molar-refractivity contribution in [3.05, 3.63) is 28.8 Å². The first-order valence-corrected chi connectivity index (χ1v) is 8.22. The van der Waals surface area contributed by atoms with Crippen molar-refractivity contribution < 1.29 is 9.53 Å². The number of nitrogens with zero attached hydrogens (tertiary/aromatic N) is 2. The van der Waals surface area contributed by atoms with Crippen LogP contribution in [0.25, 0.3) is 0 Å². The second-order valence-electron chi connectivity index (χ2n) is 4.34. The largest absolute Gasteiger partial charge is 0.496 e. The van der Waals surface area contributed by atoms with E-state index < -0.39 is 0 Å². The van der Waals surface area contributed by atoms with E-state index in [4.69, 9.17) is 16.3 Å². The van der Waals surface area contributed by atoms with Crippen LogP contribution in [0.1, 0.15) is 24.2 Å². The number of aromatic nitrogens is 2. The summed E-state index contributed by atoms with van der Waals surface area (Å²) in [7, 11) is 1.50. The Bertz CT molecular complexity index is 646. The molecule has 1 amide bonds. The van der Waals surface area contributed by atoms with Crippen LogP contribution in [0.3, 0.4) is 0 Å². The summed E-state index contributed by atoms with van der Waals surface area (Å²) in [5.74, 6) is 0.129. The van der Waals surface area contributed by atoms with E-state index in [0.29, 0.717) is 26.7 Å². The topological polar surface area (TPSA) is 64.1 Å². The van der Waals surface area contributed by atoms with Crippen molar-refractivity contribution in [1.82, 2.24) is 10.2 Å². The molecule has 112 valence electrons. The Morgan fingerprint density at radius 3 is 2.86 bits per heavy atom. The number of amides is 1. The molecule has 2 rings (SSSR count). The van der Waals surface area contributed by atoms with Crippen LogP contribution in [0.15, 0.2) is 22.5 Å². The molecule has 1 aromatic heterocycles. The quantitative estimate of drug-likeness (QED) is 0.657. The molecule has 2 aromatic rings. The van der Waals surface area contributed by atoms with Crippen molar-refractivity contribution >= 4 is 45.7 Å². The molecule has 0 aliphatic heterocycles. The molecule has 0 radical (unpaired) electrons. The molecule has 0 atom stereocenters. The van der Waals surface area contributed by atoms with Gasteiger partial charge in [0.25, 0.3) is 5.91 Å². The molecule has 0 fully saturated rings. The van der Waals surface area contributed by atoms with Crippen LogP contribution in [0.4, 0.5) is 5.13 Å². The van der Waals surface area contributed by atoms with Crippen molar-refractivity contribution in [2.75, 3.05) is 12.4 Å². The molecule has 1 N–H and O–H groups in total. The van der Waals surface area contributed by atoms with Crippen molar-refractivity contribution in [1.29, 1.82) is 0 Å². The lowest BCUT2D eigenvalue weighted by molar-refractivity contribution is 0.102. The lowest BCUT2D eigenvalue weighted by Gasteiger charge is -2.07. The van der Waals surface area contributed by atoms with Crippen LogP contribution in [0, 0.1) is 0 Å². The van der Waals surface area contributed by atoms with E-state index in [1.54, 1.807) is 30.0 Å². The second-order valence-corrected chi connectivity index (χ2v) is 7.58. The Morgan fingerprint density at radius 2 is 2.19 bits per heavy atom. The molecule has 0 aliphatic carbocycles. The van der Waals surface area contributed by atoms with Gasteiger partial charge in [0.05, 0.1) is 12.7 Å². The number of hydrogen-bond donors (Lipinski definition) is 1. The zero-order chi connectivity index (χ0) is 15.4. The van der Waals surface area contributed by atoms with E-state index in [0.717, 1.165) is 4.34 Å². The first-order chi connectivity index (χ1) is 9.99. The van der Waals surface area contributed by atoms with E-state index in [2.05, 4.69) is 29.4 Å². The lowest BCUT2D eigenvalue weighted by atomic mass is 10.2. The highest BCUT2D eigenvalue weighted by atomic mass is 35.5. The summed E-state index contributed by atoms with van der Waals surface area (Å²) in [6.45, 7) is 4.14. The monoisotopic (exact) mass is 343 g/mol. The Balaban J connectivity index is 2.14. The Hall–Kier alpha value is -1.31. The van der Waals surface area contributed by atoms with Gasteiger partial charge in [0.1, 0.15) is 5.75 Å². The number of benzene rings is 1. The number of rotatable bonds is 5. The average molecular weight is 344 g/mol. The smallest absolute Gasteiger partial charge is 0.261 e. The SMILES string of the molecule is COc1ccc(Cl)cc1C(=O)Nc1nnc(SC(C)C)s1. The number of carbonyl (C=O) groups is 1. The van der Waals surface area contributed by atoms with Crippen LogP contribution in [-0.4, -0.2) is 28.5 Å². The standard InChI is InChI=1S/C13H14ClN3O2S2/c1-7(2)20-13-17-16-12(21-13)15-11(18)9-6-8(14)4-5-10(9)19-3/h4-7H,1-3H3,(H,15,16,18). The third-order valence-corrected chi connectivity index (χ3v) is 4.53. The summed E-state index contributed by atoms with van der Waals surface area (Å²) in [5.41, 5.74) is 0.360. The molecule has 1 heterocycles. The first kappa shape index (κ1) is 16.1. The minimum absolute atomic E-state index is 0.327. The predicted octanol–water partition coefficient (Wildman–Crippen LogP) is 3.95. The molecular weight excluding hydrogens is 330 g/mol. The van der Waals surface area contributed by atoms with Gasteiger partial charge >= 0.3 is 0 Å². The average Bonchev–Trinajstić information content (AvgIpc) is 2.85. The minimum Gasteiger partial charge on any atom is -0.496 e. The molecule has 0 saturated heterocycles. The predicted molar refractivity (Wildman–Crippen MR) is 86.9 cm³/mol. The highest BCUT2D eigenvalue weighted by Crippen LogP contribution is 2.29. The number of carbonyl (C=O) groups excluding carboxylic acids is 1. The van der Waals surface area contributed by atoms with Gasteiger partial charge < -0.3 is 4.74 Å². The van der Waals surface area contributed by atoms with E-state index in [-0.39, 0.29) is 5.91 Å². The lowest BCUT2D eigenvalue weighted by Crippen LogP contribution is -2.13. The summed E-state index contributed by atoms with van der Waals surface area (Å²) in [5, 5.41) is 12.0. The van der Waals surface area contributed by atoms with Crippen molar-refractivity contribution in [3.8, 4) is 5.75 Å². The Morgan fingerprint density at radius 1 is 1.43 bits per heavy atom. The number of methoxy groups -OCH3 is 1. The molecule has 0 aliphatic rings. The zero-order valence-corrected chi connectivity index (χ0v) is 14.1. The van der Waals surface area contributed by atoms with E-state index in [9.17, 15) is 4.79 Å². The number of hydrogen-bond acceptors (Lipinski definition) is 6. The van der Waals surface area contributed by atoms with Crippen LogP contribution in [0.2, 0.25) is 5.02 Å². The zero-order valence-electron chi connectivity index (χ0n) is 11.7. The van der Waals surface area contributed by atoms with Gasteiger partial charge in [0.15, 0.2) is 4.34 Å².